The van der Waals surface area contributed by atoms with E-state index in [0.29, 0.717) is 24.2 Å². The van der Waals surface area contributed by atoms with Crippen LogP contribution >= 0.6 is 0 Å². The molecular formula is C19H18N2O3. The zero-order valence-corrected chi connectivity index (χ0v) is 13.4. The molecule has 0 aliphatic carbocycles. The lowest BCUT2D eigenvalue weighted by Crippen LogP contribution is -2.25. The highest BCUT2D eigenvalue weighted by Gasteiger charge is 2.22. The summed E-state index contributed by atoms with van der Waals surface area (Å²) in [6.45, 7) is 2.60. The van der Waals surface area contributed by atoms with Crippen LogP contribution in [-0.4, -0.2) is 24.1 Å². The molecule has 0 aromatic heterocycles. The first kappa shape index (κ1) is 15.9. The predicted octanol–water partition coefficient (Wildman–Crippen LogP) is 2.94. The van der Waals surface area contributed by atoms with E-state index < -0.39 is 11.7 Å². The third kappa shape index (κ3) is 3.35. The van der Waals surface area contributed by atoms with Gasteiger partial charge in [-0.3, -0.25) is 14.4 Å². The topological polar surface area (TPSA) is 66.5 Å². The fourth-order valence-corrected chi connectivity index (χ4v) is 2.70. The van der Waals surface area contributed by atoms with Gasteiger partial charge in [-0.1, -0.05) is 35.9 Å². The van der Waals surface area contributed by atoms with Crippen LogP contribution in [0.1, 0.15) is 28.8 Å². The normalized spacial score (nSPS) is 13.9. The highest BCUT2D eigenvalue weighted by molar-refractivity contribution is 6.46. The van der Waals surface area contributed by atoms with Crippen LogP contribution in [0, 0.1) is 6.92 Å². The van der Waals surface area contributed by atoms with Gasteiger partial charge in [0, 0.05) is 29.9 Å². The van der Waals surface area contributed by atoms with Crippen LogP contribution in [0.2, 0.25) is 0 Å². The maximum Gasteiger partial charge on any atom is 0.296 e. The molecule has 2 aromatic carbocycles. The molecule has 24 heavy (non-hydrogen) atoms. The van der Waals surface area contributed by atoms with Crippen molar-refractivity contribution in [2.45, 2.75) is 19.8 Å². The molecule has 1 aliphatic rings. The Morgan fingerprint density at radius 1 is 1.08 bits per heavy atom. The lowest BCUT2D eigenvalue weighted by atomic mass is 10.1. The standard InChI is InChI=1S/C19H18N2O3/c1-13-7-9-14(10-8-13)18(23)19(24)20-15-4-2-5-16(12-15)21-11-3-6-17(21)22/h2,4-5,7-10,12H,3,6,11H2,1H3,(H,20,24). The Morgan fingerprint density at radius 3 is 2.50 bits per heavy atom. The van der Waals surface area contributed by atoms with E-state index in [2.05, 4.69) is 5.32 Å². The van der Waals surface area contributed by atoms with Gasteiger partial charge in [-0.2, -0.15) is 0 Å². The Hall–Kier alpha value is -2.95. The number of nitrogens with zero attached hydrogens (tertiary/aromatic N) is 1. The molecule has 0 unspecified atom stereocenters. The Bertz CT molecular complexity index is 797. The molecule has 0 bridgehead atoms. The van der Waals surface area contributed by atoms with E-state index in [4.69, 9.17) is 0 Å². The number of amides is 2. The highest BCUT2D eigenvalue weighted by atomic mass is 16.2. The molecule has 1 saturated heterocycles. The fraction of sp³-hybridized carbons (Fsp3) is 0.211. The third-order valence-corrected chi connectivity index (χ3v) is 4.01. The Labute approximate surface area is 140 Å². The number of anilines is 2. The SMILES string of the molecule is Cc1ccc(C(=O)C(=O)Nc2cccc(N3CCCC3=O)c2)cc1. The van der Waals surface area contributed by atoms with E-state index in [1.54, 1.807) is 47.4 Å². The molecular weight excluding hydrogens is 304 g/mol. The third-order valence-electron chi connectivity index (χ3n) is 4.01. The van der Waals surface area contributed by atoms with Crippen LogP contribution in [0.3, 0.4) is 0 Å². The van der Waals surface area contributed by atoms with Crippen LogP contribution in [0.15, 0.2) is 48.5 Å². The van der Waals surface area contributed by atoms with Gasteiger partial charge in [0.05, 0.1) is 0 Å². The summed E-state index contributed by atoms with van der Waals surface area (Å²) in [5.41, 5.74) is 2.61. The van der Waals surface area contributed by atoms with Gasteiger partial charge in [0.2, 0.25) is 5.91 Å². The van der Waals surface area contributed by atoms with Crippen molar-refractivity contribution >= 4 is 29.0 Å². The average Bonchev–Trinajstić information content (AvgIpc) is 3.01. The molecule has 5 nitrogen and oxygen atoms in total. The number of ketones is 1. The minimum atomic E-state index is -0.691. The van der Waals surface area contributed by atoms with Gasteiger partial charge >= 0.3 is 0 Å². The van der Waals surface area contributed by atoms with Crippen LogP contribution < -0.4 is 10.2 Å². The molecule has 0 spiro atoms. The molecule has 2 amide bonds. The molecule has 1 heterocycles. The summed E-state index contributed by atoms with van der Waals surface area (Å²) in [6, 6.07) is 13.8. The summed E-state index contributed by atoms with van der Waals surface area (Å²) >= 11 is 0. The minimum absolute atomic E-state index is 0.0780. The van der Waals surface area contributed by atoms with E-state index in [0.717, 1.165) is 17.7 Å². The number of benzene rings is 2. The molecule has 0 saturated carbocycles. The van der Waals surface area contributed by atoms with Crippen molar-refractivity contribution in [1.82, 2.24) is 0 Å². The summed E-state index contributed by atoms with van der Waals surface area (Å²) in [6.07, 6.45) is 1.38. The number of hydrogen-bond acceptors (Lipinski definition) is 3. The molecule has 1 aliphatic heterocycles. The summed E-state index contributed by atoms with van der Waals surface area (Å²) in [5.74, 6) is -1.20. The largest absolute Gasteiger partial charge is 0.319 e. The maximum absolute atomic E-state index is 12.2. The van der Waals surface area contributed by atoms with Crippen molar-refractivity contribution < 1.29 is 14.4 Å². The lowest BCUT2D eigenvalue weighted by Gasteiger charge is -2.16. The van der Waals surface area contributed by atoms with Crippen LogP contribution in [0.25, 0.3) is 0 Å². The van der Waals surface area contributed by atoms with Gasteiger partial charge in [0.15, 0.2) is 0 Å². The second-order valence-corrected chi connectivity index (χ2v) is 5.85. The Kier molecular flexibility index (Phi) is 4.42. The highest BCUT2D eigenvalue weighted by Crippen LogP contribution is 2.24. The molecule has 0 atom stereocenters. The van der Waals surface area contributed by atoms with Crippen molar-refractivity contribution in [2.24, 2.45) is 0 Å². The first-order valence-electron chi connectivity index (χ1n) is 7.87. The number of carbonyl (C=O) groups is 3. The minimum Gasteiger partial charge on any atom is -0.319 e. The van der Waals surface area contributed by atoms with Gasteiger partial charge in [0.1, 0.15) is 0 Å². The number of rotatable bonds is 4. The number of Topliss-reactive ketones (excluding diaryl/α,β-unsaturated/α-hetero) is 1. The zero-order valence-electron chi connectivity index (χ0n) is 13.4. The fourth-order valence-electron chi connectivity index (χ4n) is 2.70. The Balaban J connectivity index is 1.73. The monoisotopic (exact) mass is 322 g/mol. The molecule has 5 heteroatoms. The second kappa shape index (κ2) is 6.66. The molecule has 122 valence electrons. The van der Waals surface area contributed by atoms with Crippen LogP contribution in [0.4, 0.5) is 11.4 Å². The number of carbonyl (C=O) groups excluding carboxylic acids is 3. The van der Waals surface area contributed by atoms with E-state index in [9.17, 15) is 14.4 Å². The summed E-state index contributed by atoms with van der Waals surface area (Å²) in [4.78, 5) is 37.8. The first-order chi connectivity index (χ1) is 11.5. The van der Waals surface area contributed by atoms with Gasteiger partial charge in [0.25, 0.3) is 11.7 Å². The molecule has 1 N–H and O–H groups in total. The summed E-state index contributed by atoms with van der Waals surface area (Å²) in [5, 5.41) is 2.61. The zero-order chi connectivity index (χ0) is 17.1. The molecule has 0 radical (unpaired) electrons. The summed E-state index contributed by atoms with van der Waals surface area (Å²) < 4.78 is 0. The van der Waals surface area contributed by atoms with Gasteiger partial charge in [-0.05, 0) is 31.5 Å². The van der Waals surface area contributed by atoms with Crippen molar-refractivity contribution in [1.29, 1.82) is 0 Å². The number of aryl methyl sites for hydroxylation is 1. The lowest BCUT2D eigenvalue weighted by molar-refractivity contribution is -0.117. The number of nitrogens with one attached hydrogen (secondary N) is 1. The quantitative estimate of drug-likeness (QED) is 0.695. The molecule has 3 rings (SSSR count). The van der Waals surface area contributed by atoms with E-state index in [1.807, 2.05) is 13.0 Å². The van der Waals surface area contributed by atoms with Gasteiger partial charge in [-0.25, -0.2) is 0 Å². The molecule has 2 aromatic rings. The van der Waals surface area contributed by atoms with Crippen molar-refractivity contribution in [3.05, 3.63) is 59.7 Å². The van der Waals surface area contributed by atoms with Crippen LogP contribution in [-0.2, 0) is 9.59 Å². The maximum atomic E-state index is 12.2. The second-order valence-electron chi connectivity index (χ2n) is 5.85. The molecule has 1 fully saturated rings. The Morgan fingerprint density at radius 2 is 1.83 bits per heavy atom. The average molecular weight is 322 g/mol. The van der Waals surface area contributed by atoms with E-state index in [-0.39, 0.29) is 5.91 Å². The van der Waals surface area contributed by atoms with Crippen molar-refractivity contribution in [3.63, 3.8) is 0 Å². The van der Waals surface area contributed by atoms with Gasteiger partial charge in [-0.15, -0.1) is 0 Å². The van der Waals surface area contributed by atoms with Crippen molar-refractivity contribution in [2.75, 3.05) is 16.8 Å². The predicted molar refractivity (Wildman–Crippen MR) is 92.2 cm³/mol. The smallest absolute Gasteiger partial charge is 0.296 e. The van der Waals surface area contributed by atoms with E-state index >= 15 is 0 Å². The van der Waals surface area contributed by atoms with Crippen LogP contribution in [0.5, 0.6) is 0 Å². The summed E-state index contributed by atoms with van der Waals surface area (Å²) in [7, 11) is 0. The van der Waals surface area contributed by atoms with E-state index in [1.165, 1.54) is 0 Å². The van der Waals surface area contributed by atoms with Gasteiger partial charge < -0.3 is 10.2 Å². The first-order valence-corrected chi connectivity index (χ1v) is 7.87. The van der Waals surface area contributed by atoms with Crippen molar-refractivity contribution in [3.8, 4) is 0 Å². The number of hydrogen-bond donors (Lipinski definition) is 1.